The lowest BCUT2D eigenvalue weighted by molar-refractivity contribution is 0.281. The highest BCUT2D eigenvalue weighted by molar-refractivity contribution is 7.89. The number of rotatable bonds is 4. The van der Waals surface area contributed by atoms with E-state index in [0.29, 0.717) is 35.3 Å². The quantitative estimate of drug-likeness (QED) is 0.616. The average molecular weight is 437 g/mol. The zero-order chi connectivity index (χ0) is 19.9. The molecule has 1 saturated heterocycles. The van der Waals surface area contributed by atoms with Crippen LogP contribution in [-0.2, 0) is 16.6 Å². The Balaban J connectivity index is 1.69. The van der Waals surface area contributed by atoms with Crippen LogP contribution < -0.4 is 4.87 Å². The third-order valence-corrected chi connectivity index (χ3v) is 8.21. The number of halogens is 1. The molecule has 2 aromatic carbocycles. The zero-order valence-corrected chi connectivity index (χ0v) is 17.9. The summed E-state index contributed by atoms with van der Waals surface area (Å²) < 4.78 is 30.0. The van der Waals surface area contributed by atoms with E-state index in [4.69, 9.17) is 11.6 Å². The molecule has 0 amide bonds. The van der Waals surface area contributed by atoms with Crippen molar-refractivity contribution in [3.8, 4) is 0 Å². The van der Waals surface area contributed by atoms with Gasteiger partial charge in [-0.2, -0.15) is 4.31 Å². The van der Waals surface area contributed by atoms with Gasteiger partial charge in [0, 0.05) is 18.1 Å². The Kier molecular flexibility index (Phi) is 5.35. The molecular weight excluding hydrogens is 416 g/mol. The van der Waals surface area contributed by atoms with E-state index >= 15 is 0 Å². The zero-order valence-electron chi connectivity index (χ0n) is 15.5. The first-order chi connectivity index (χ1) is 13.3. The van der Waals surface area contributed by atoms with Gasteiger partial charge >= 0.3 is 4.87 Å². The van der Waals surface area contributed by atoms with Crippen LogP contribution in [0.3, 0.4) is 0 Å². The number of aromatic nitrogens is 1. The molecule has 4 rings (SSSR count). The number of nitrogens with zero attached hydrogens (tertiary/aromatic N) is 2. The lowest BCUT2D eigenvalue weighted by Gasteiger charge is -2.30. The van der Waals surface area contributed by atoms with Crippen molar-refractivity contribution in [2.24, 2.45) is 5.92 Å². The van der Waals surface area contributed by atoms with Gasteiger partial charge in [0.25, 0.3) is 0 Å². The molecule has 0 aliphatic carbocycles. The molecule has 8 heteroatoms. The largest absolute Gasteiger partial charge is 0.308 e. The van der Waals surface area contributed by atoms with Crippen molar-refractivity contribution in [1.82, 2.24) is 8.87 Å². The highest BCUT2D eigenvalue weighted by Gasteiger charge is 2.29. The first kappa shape index (κ1) is 19.6. The van der Waals surface area contributed by atoms with Crippen LogP contribution in [0.5, 0.6) is 0 Å². The minimum absolute atomic E-state index is 0.105. The van der Waals surface area contributed by atoms with Crippen LogP contribution in [0.1, 0.15) is 25.3 Å². The number of hydrogen-bond acceptors (Lipinski definition) is 4. The number of hydrogen-bond donors (Lipinski definition) is 0. The van der Waals surface area contributed by atoms with Gasteiger partial charge < -0.3 is 0 Å². The van der Waals surface area contributed by atoms with Crippen LogP contribution in [0.2, 0.25) is 5.02 Å². The van der Waals surface area contributed by atoms with Crippen molar-refractivity contribution < 1.29 is 8.42 Å². The van der Waals surface area contributed by atoms with Crippen LogP contribution in [0.25, 0.3) is 10.2 Å². The number of thiazole rings is 1. The SMILES string of the molecule is CC1CCCN(S(=O)(=O)c2ccc3c(c2)sc(=O)n3Cc2ccc(Cl)cc2)C1. The smallest absolute Gasteiger partial charge is 0.294 e. The monoisotopic (exact) mass is 436 g/mol. The van der Waals surface area contributed by atoms with E-state index in [9.17, 15) is 13.2 Å². The van der Waals surface area contributed by atoms with Crippen LogP contribution in [-0.4, -0.2) is 30.4 Å². The van der Waals surface area contributed by atoms with Gasteiger partial charge in [-0.15, -0.1) is 0 Å². The van der Waals surface area contributed by atoms with Crippen LogP contribution in [0.4, 0.5) is 0 Å². The maximum absolute atomic E-state index is 13.0. The van der Waals surface area contributed by atoms with Gasteiger partial charge in [-0.1, -0.05) is 42.0 Å². The molecule has 5 nitrogen and oxygen atoms in total. The fourth-order valence-corrected chi connectivity index (χ4v) is 6.40. The van der Waals surface area contributed by atoms with E-state index in [1.54, 1.807) is 39.2 Å². The molecule has 0 N–H and O–H groups in total. The van der Waals surface area contributed by atoms with Crippen LogP contribution in [0.15, 0.2) is 52.2 Å². The molecule has 2 heterocycles. The topological polar surface area (TPSA) is 59.4 Å². The summed E-state index contributed by atoms with van der Waals surface area (Å²) in [5.74, 6) is 0.365. The summed E-state index contributed by atoms with van der Waals surface area (Å²) in [6.45, 7) is 3.60. The summed E-state index contributed by atoms with van der Waals surface area (Å²) in [5.41, 5.74) is 1.71. The van der Waals surface area contributed by atoms with Gasteiger partial charge in [0.05, 0.1) is 21.7 Å². The predicted octanol–water partition coefficient (Wildman–Crippen LogP) is 4.19. The van der Waals surface area contributed by atoms with Crippen molar-refractivity contribution in [2.45, 2.75) is 31.2 Å². The normalized spacial score (nSPS) is 18.6. The standard InChI is InChI=1S/C20H21ClN2O3S2/c1-14-3-2-10-22(12-14)28(25,26)17-8-9-18-19(11-17)27-20(24)23(18)13-15-4-6-16(21)7-5-15/h4-9,11,14H,2-3,10,12-13H2,1H3. The van der Waals surface area contributed by atoms with Gasteiger partial charge in [-0.25, -0.2) is 8.42 Å². The van der Waals surface area contributed by atoms with Crippen LogP contribution in [0, 0.1) is 5.92 Å². The van der Waals surface area contributed by atoms with Gasteiger partial charge in [0.2, 0.25) is 10.0 Å². The fourth-order valence-electron chi connectivity index (χ4n) is 3.64. The van der Waals surface area contributed by atoms with Crippen molar-refractivity contribution in [2.75, 3.05) is 13.1 Å². The summed E-state index contributed by atoms with van der Waals surface area (Å²) in [6.07, 6.45) is 1.94. The third-order valence-electron chi connectivity index (χ3n) is 5.15. The molecule has 0 radical (unpaired) electrons. The van der Waals surface area contributed by atoms with E-state index in [-0.39, 0.29) is 9.77 Å². The van der Waals surface area contributed by atoms with E-state index in [1.165, 1.54) is 0 Å². The molecule has 3 aromatic rings. The summed E-state index contributed by atoms with van der Waals surface area (Å²) in [5, 5.41) is 0.646. The number of benzene rings is 2. The summed E-state index contributed by atoms with van der Waals surface area (Å²) >= 11 is 7.00. The fraction of sp³-hybridized carbons (Fsp3) is 0.350. The van der Waals surface area contributed by atoms with E-state index in [2.05, 4.69) is 6.92 Å². The molecule has 1 atom stereocenters. The van der Waals surface area contributed by atoms with E-state index < -0.39 is 10.0 Å². The lowest BCUT2D eigenvalue weighted by Crippen LogP contribution is -2.39. The first-order valence-corrected chi connectivity index (χ1v) is 11.9. The van der Waals surface area contributed by atoms with Crippen LogP contribution >= 0.6 is 22.9 Å². The second-order valence-corrected chi connectivity index (χ2v) is 10.7. The Bertz CT molecular complexity index is 1170. The molecule has 148 valence electrons. The van der Waals surface area contributed by atoms with Gasteiger partial charge in [0.1, 0.15) is 0 Å². The Morgan fingerprint density at radius 2 is 1.93 bits per heavy atom. The molecular formula is C20H21ClN2O3S2. The molecule has 1 fully saturated rings. The third kappa shape index (κ3) is 3.76. The molecule has 28 heavy (non-hydrogen) atoms. The minimum Gasteiger partial charge on any atom is -0.294 e. The number of sulfonamides is 1. The Hall–Kier alpha value is -1.67. The maximum atomic E-state index is 13.0. The van der Waals surface area contributed by atoms with E-state index in [1.807, 2.05) is 12.1 Å². The summed E-state index contributed by atoms with van der Waals surface area (Å²) in [4.78, 5) is 12.7. The molecule has 0 spiro atoms. The second kappa shape index (κ2) is 7.63. The summed E-state index contributed by atoms with van der Waals surface area (Å²) in [7, 11) is -3.54. The minimum atomic E-state index is -3.54. The average Bonchev–Trinajstić information content (AvgIpc) is 2.98. The van der Waals surface area contributed by atoms with Crippen molar-refractivity contribution in [3.63, 3.8) is 0 Å². The summed E-state index contributed by atoms with van der Waals surface area (Å²) in [6, 6.07) is 12.3. The van der Waals surface area contributed by atoms with E-state index in [0.717, 1.165) is 35.3 Å². The predicted molar refractivity (Wildman–Crippen MR) is 114 cm³/mol. The Labute approximate surface area is 173 Å². The maximum Gasteiger partial charge on any atom is 0.308 e. The Morgan fingerprint density at radius 1 is 1.18 bits per heavy atom. The highest BCUT2D eigenvalue weighted by Crippen LogP contribution is 2.27. The first-order valence-electron chi connectivity index (χ1n) is 9.22. The molecule has 1 aliphatic rings. The molecule has 1 aromatic heterocycles. The molecule has 0 saturated carbocycles. The van der Waals surface area contributed by atoms with Gasteiger partial charge in [0.15, 0.2) is 0 Å². The van der Waals surface area contributed by atoms with Crippen molar-refractivity contribution >= 4 is 43.2 Å². The van der Waals surface area contributed by atoms with Crippen molar-refractivity contribution in [3.05, 3.63) is 62.7 Å². The Morgan fingerprint density at radius 3 is 2.64 bits per heavy atom. The van der Waals surface area contributed by atoms with Crippen molar-refractivity contribution in [1.29, 1.82) is 0 Å². The van der Waals surface area contributed by atoms with Gasteiger partial charge in [-0.05, 0) is 54.7 Å². The lowest BCUT2D eigenvalue weighted by atomic mass is 10.0. The van der Waals surface area contributed by atoms with Gasteiger partial charge in [-0.3, -0.25) is 9.36 Å². The molecule has 1 aliphatic heterocycles. The second-order valence-electron chi connectivity index (χ2n) is 7.32. The number of piperidine rings is 1. The number of fused-ring (bicyclic) bond motifs is 1. The molecule has 0 bridgehead atoms. The highest BCUT2D eigenvalue weighted by atomic mass is 35.5. The molecule has 1 unspecified atom stereocenters.